The number of carbonyl (C=O) groups excluding carboxylic acids is 1. The zero-order valence-corrected chi connectivity index (χ0v) is 8.95. The fraction of sp³-hybridized carbons (Fsp3) is 0.900. The highest BCUT2D eigenvalue weighted by Gasteiger charge is 2.29. The fourth-order valence-electron chi connectivity index (χ4n) is 1.77. The van der Waals surface area contributed by atoms with Crippen molar-refractivity contribution in [1.29, 1.82) is 0 Å². The smallest absolute Gasteiger partial charge is 0.317 e. The van der Waals surface area contributed by atoms with Gasteiger partial charge in [0.15, 0.2) is 0 Å². The summed E-state index contributed by atoms with van der Waals surface area (Å²) in [5.41, 5.74) is 5.90. The molecule has 1 aliphatic carbocycles. The van der Waals surface area contributed by atoms with E-state index in [2.05, 4.69) is 5.32 Å². The van der Waals surface area contributed by atoms with E-state index in [0.29, 0.717) is 38.8 Å². The number of ether oxygens (including phenoxy) is 1. The van der Waals surface area contributed by atoms with Crippen LogP contribution in [0.15, 0.2) is 0 Å². The highest BCUT2D eigenvalue weighted by atomic mass is 16.5. The predicted molar refractivity (Wildman–Crippen MR) is 56.5 cm³/mol. The first-order valence-corrected chi connectivity index (χ1v) is 5.63. The Hall–Kier alpha value is -0.810. The third-order valence-corrected chi connectivity index (χ3v) is 3.01. The summed E-state index contributed by atoms with van der Waals surface area (Å²) >= 11 is 0. The highest BCUT2D eigenvalue weighted by Crippen LogP contribution is 2.31. The van der Waals surface area contributed by atoms with Crippen LogP contribution in [0.4, 0.5) is 4.79 Å². The zero-order valence-electron chi connectivity index (χ0n) is 8.95. The number of hydrogen-bond donors (Lipinski definition) is 2. The summed E-state index contributed by atoms with van der Waals surface area (Å²) < 4.78 is 5.18. The van der Waals surface area contributed by atoms with E-state index in [1.54, 1.807) is 4.90 Å². The lowest BCUT2D eigenvalue weighted by molar-refractivity contribution is 0.0531. The second kappa shape index (κ2) is 4.81. The number of morpholine rings is 1. The molecule has 5 heteroatoms. The van der Waals surface area contributed by atoms with Crippen LogP contribution in [0, 0.1) is 5.92 Å². The predicted octanol–water partition coefficient (Wildman–Crippen LogP) is -0.234. The van der Waals surface area contributed by atoms with Crippen molar-refractivity contribution in [1.82, 2.24) is 10.2 Å². The van der Waals surface area contributed by atoms with Gasteiger partial charge < -0.3 is 20.7 Å². The van der Waals surface area contributed by atoms with Gasteiger partial charge >= 0.3 is 6.03 Å². The molecule has 1 aliphatic heterocycles. The minimum absolute atomic E-state index is 0.00519. The van der Waals surface area contributed by atoms with Gasteiger partial charge in [0.05, 0.1) is 13.2 Å². The Bertz CT molecular complexity index is 225. The molecule has 0 aromatic carbocycles. The van der Waals surface area contributed by atoms with Gasteiger partial charge in [-0.15, -0.1) is 0 Å². The summed E-state index contributed by atoms with van der Waals surface area (Å²) in [5, 5.41) is 2.88. The van der Waals surface area contributed by atoms with E-state index in [0.717, 1.165) is 0 Å². The van der Waals surface area contributed by atoms with Gasteiger partial charge in [0.2, 0.25) is 0 Å². The Morgan fingerprint density at radius 2 is 2.13 bits per heavy atom. The molecule has 2 fully saturated rings. The number of nitrogens with two attached hydrogens (primary N) is 1. The normalized spacial score (nSPS) is 23.7. The molecule has 0 radical (unpaired) electrons. The van der Waals surface area contributed by atoms with E-state index in [1.807, 2.05) is 0 Å². The molecule has 86 valence electrons. The van der Waals surface area contributed by atoms with E-state index in [-0.39, 0.29) is 12.1 Å². The lowest BCUT2D eigenvalue weighted by Gasteiger charge is -2.27. The van der Waals surface area contributed by atoms with Crippen molar-refractivity contribution in [3.8, 4) is 0 Å². The molecule has 1 unspecified atom stereocenters. The van der Waals surface area contributed by atoms with Crippen molar-refractivity contribution in [2.24, 2.45) is 11.7 Å². The van der Waals surface area contributed by atoms with Gasteiger partial charge in [0.25, 0.3) is 0 Å². The Kier molecular flexibility index (Phi) is 3.43. The topological polar surface area (TPSA) is 67.6 Å². The monoisotopic (exact) mass is 213 g/mol. The molecular formula is C10H19N3O2. The van der Waals surface area contributed by atoms with Crippen LogP contribution < -0.4 is 11.1 Å². The van der Waals surface area contributed by atoms with Crippen LogP contribution >= 0.6 is 0 Å². The molecule has 2 amide bonds. The minimum atomic E-state index is -0.00519. The van der Waals surface area contributed by atoms with Crippen LogP contribution in [-0.2, 0) is 4.74 Å². The number of hydrogen-bond acceptors (Lipinski definition) is 3. The van der Waals surface area contributed by atoms with E-state index in [4.69, 9.17) is 10.5 Å². The second-order valence-electron chi connectivity index (χ2n) is 4.29. The summed E-state index contributed by atoms with van der Waals surface area (Å²) in [6, 6.07) is 0.129. The molecule has 1 saturated heterocycles. The number of carbonyl (C=O) groups is 1. The van der Waals surface area contributed by atoms with Crippen molar-refractivity contribution in [2.75, 3.05) is 32.8 Å². The first-order valence-electron chi connectivity index (χ1n) is 5.63. The van der Waals surface area contributed by atoms with Crippen LogP contribution in [-0.4, -0.2) is 49.8 Å². The van der Waals surface area contributed by atoms with Crippen LogP contribution in [0.1, 0.15) is 12.8 Å². The highest BCUT2D eigenvalue weighted by molar-refractivity contribution is 5.74. The molecule has 2 aliphatic rings. The Morgan fingerprint density at radius 3 is 2.73 bits per heavy atom. The van der Waals surface area contributed by atoms with Gasteiger partial charge in [-0.25, -0.2) is 4.79 Å². The maximum Gasteiger partial charge on any atom is 0.317 e. The third-order valence-electron chi connectivity index (χ3n) is 3.01. The molecule has 1 saturated carbocycles. The largest absolute Gasteiger partial charge is 0.378 e. The SMILES string of the molecule is NC(CNC(=O)N1CCOCC1)C1CC1. The summed E-state index contributed by atoms with van der Waals surface area (Å²) in [6.45, 7) is 3.25. The molecule has 2 rings (SSSR count). The van der Waals surface area contributed by atoms with Crippen molar-refractivity contribution in [3.05, 3.63) is 0 Å². The standard InChI is InChI=1S/C10H19N3O2/c11-9(8-1-2-8)7-12-10(14)13-3-5-15-6-4-13/h8-9H,1-7,11H2,(H,12,14). The third kappa shape index (κ3) is 3.07. The van der Waals surface area contributed by atoms with Gasteiger partial charge in [-0.2, -0.15) is 0 Å². The lowest BCUT2D eigenvalue weighted by atomic mass is 10.2. The Morgan fingerprint density at radius 1 is 1.47 bits per heavy atom. The van der Waals surface area contributed by atoms with Crippen LogP contribution in [0.2, 0.25) is 0 Å². The van der Waals surface area contributed by atoms with Crippen LogP contribution in [0.5, 0.6) is 0 Å². The van der Waals surface area contributed by atoms with E-state index in [1.165, 1.54) is 12.8 Å². The first kappa shape index (κ1) is 10.7. The maximum atomic E-state index is 11.6. The fourth-order valence-corrected chi connectivity index (χ4v) is 1.77. The van der Waals surface area contributed by atoms with Gasteiger partial charge in [-0.3, -0.25) is 0 Å². The van der Waals surface area contributed by atoms with Crippen LogP contribution in [0.3, 0.4) is 0 Å². The first-order chi connectivity index (χ1) is 7.27. The molecule has 1 heterocycles. The molecule has 15 heavy (non-hydrogen) atoms. The molecule has 5 nitrogen and oxygen atoms in total. The summed E-state index contributed by atoms with van der Waals surface area (Å²) in [5.74, 6) is 0.634. The van der Waals surface area contributed by atoms with Gasteiger partial charge in [-0.05, 0) is 18.8 Å². The minimum Gasteiger partial charge on any atom is -0.378 e. The molecule has 0 aromatic rings. The van der Waals surface area contributed by atoms with Gasteiger partial charge in [0, 0.05) is 25.7 Å². The van der Waals surface area contributed by atoms with Crippen molar-refractivity contribution >= 4 is 6.03 Å². The maximum absolute atomic E-state index is 11.6. The summed E-state index contributed by atoms with van der Waals surface area (Å²) in [6.07, 6.45) is 2.43. The van der Waals surface area contributed by atoms with Crippen LogP contribution in [0.25, 0.3) is 0 Å². The summed E-state index contributed by atoms with van der Waals surface area (Å²) in [4.78, 5) is 13.4. The van der Waals surface area contributed by atoms with Crippen molar-refractivity contribution in [2.45, 2.75) is 18.9 Å². The number of nitrogens with one attached hydrogen (secondary N) is 1. The van der Waals surface area contributed by atoms with Gasteiger partial charge in [-0.1, -0.05) is 0 Å². The van der Waals surface area contributed by atoms with Crippen molar-refractivity contribution < 1.29 is 9.53 Å². The number of amides is 2. The Balaban J connectivity index is 1.66. The van der Waals surface area contributed by atoms with E-state index in [9.17, 15) is 4.79 Å². The quantitative estimate of drug-likeness (QED) is 0.680. The van der Waals surface area contributed by atoms with Crippen molar-refractivity contribution in [3.63, 3.8) is 0 Å². The number of rotatable bonds is 3. The molecule has 0 aromatic heterocycles. The van der Waals surface area contributed by atoms with E-state index < -0.39 is 0 Å². The number of nitrogens with zero attached hydrogens (tertiary/aromatic N) is 1. The average Bonchev–Trinajstić information content (AvgIpc) is 3.10. The summed E-state index contributed by atoms with van der Waals surface area (Å²) in [7, 11) is 0. The van der Waals surface area contributed by atoms with E-state index >= 15 is 0 Å². The second-order valence-corrected chi connectivity index (χ2v) is 4.29. The molecule has 0 bridgehead atoms. The molecule has 0 spiro atoms. The lowest BCUT2D eigenvalue weighted by Crippen LogP contribution is -2.49. The zero-order chi connectivity index (χ0) is 10.7. The number of urea groups is 1. The molecule has 1 atom stereocenters. The molecule has 3 N–H and O–H groups in total. The molecular weight excluding hydrogens is 194 g/mol. The van der Waals surface area contributed by atoms with Gasteiger partial charge in [0.1, 0.15) is 0 Å². The average molecular weight is 213 g/mol. The Labute approximate surface area is 89.9 Å².